The van der Waals surface area contributed by atoms with Gasteiger partial charge in [0.05, 0.1) is 0 Å². The fraction of sp³-hybridized carbons (Fsp3) is 0.632. The third-order valence-electron chi connectivity index (χ3n) is 5.57. The number of nitrogens with one attached hydrogen (secondary N) is 2. The molecule has 1 saturated carbocycles. The Bertz CT molecular complexity index is 534. The largest absolute Gasteiger partial charge is 0.355 e. The van der Waals surface area contributed by atoms with E-state index in [0.717, 1.165) is 50.3 Å². The summed E-state index contributed by atoms with van der Waals surface area (Å²) in [6, 6.07) is 8.16. The van der Waals surface area contributed by atoms with Crippen LogP contribution in [0.15, 0.2) is 24.3 Å². The highest BCUT2D eigenvalue weighted by atomic mass is 35.5. The van der Waals surface area contributed by atoms with E-state index in [-0.39, 0.29) is 17.2 Å². The van der Waals surface area contributed by atoms with Gasteiger partial charge in [-0.25, -0.2) is 0 Å². The first-order valence-corrected chi connectivity index (χ1v) is 9.32. The van der Waals surface area contributed by atoms with Crippen molar-refractivity contribution < 1.29 is 4.79 Å². The van der Waals surface area contributed by atoms with Gasteiger partial charge in [0, 0.05) is 22.9 Å². The number of hydrogen-bond acceptors (Lipinski definition) is 2. The Labute approximate surface area is 144 Å². The fourth-order valence-corrected chi connectivity index (χ4v) is 4.48. The molecule has 1 saturated heterocycles. The fourth-order valence-electron chi connectivity index (χ4n) is 4.15. The molecule has 0 spiro atoms. The van der Waals surface area contributed by atoms with Gasteiger partial charge in [-0.15, -0.1) is 0 Å². The lowest BCUT2D eigenvalue weighted by atomic mass is 9.69. The third-order valence-corrected chi connectivity index (χ3v) is 5.90. The normalized spacial score (nSPS) is 21.8. The zero-order valence-electron chi connectivity index (χ0n) is 13.7. The number of rotatable bonds is 4. The van der Waals surface area contributed by atoms with Gasteiger partial charge in [-0.2, -0.15) is 0 Å². The monoisotopic (exact) mass is 334 g/mol. The molecule has 23 heavy (non-hydrogen) atoms. The first-order chi connectivity index (χ1) is 11.2. The maximum atomic E-state index is 12.5. The van der Waals surface area contributed by atoms with Crippen molar-refractivity contribution in [2.24, 2.45) is 5.92 Å². The van der Waals surface area contributed by atoms with E-state index < -0.39 is 0 Å². The second-order valence-corrected chi connectivity index (χ2v) is 7.47. The predicted molar refractivity (Wildman–Crippen MR) is 94.8 cm³/mol. The van der Waals surface area contributed by atoms with Gasteiger partial charge in [0.15, 0.2) is 0 Å². The Morgan fingerprint density at radius 2 is 1.87 bits per heavy atom. The molecular weight excluding hydrogens is 308 g/mol. The average molecular weight is 335 g/mol. The second kappa shape index (κ2) is 7.67. The molecule has 4 heteroatoms. The highest BCUT2D eigenvalue weighted by Gasteiger charge is 2.36. The van der Waals surface area contributed by atoms with E-state index in [2.05, 4.69) is 22.8 Å². The first kappa shape index (κ1) is 16.8. The second-order valence-electron chi connectivity index (χ2n) is 7.06. The van der Waals surface area contributed by atoms with Crippen LogP contribution < -0.4 is 10.6 Å². The molecule has 2 aliphatic rings. The molecule has 3 nitrogen and oxygen atoms in total. The Balaban J connectivity index is 1.72. The zero-order chi connectivity index (χ0) is 16.1. The third kappa shape index (κ3) is 3.89. The van der Waals surface area contributed by atoms with Crippen molar-refractivity contribution in [1.29, 1.82) is 0 Å². The Morgan fingerprint density at radius 3 is 2.57 bits per heavy atom. The van der Waals surface area contributed by atoms with E-state index in [9.17, 15) is 4.79 Å². The first-order valence-electron chi connectivity index (χ1n) is 8.95. The lowest BCUT2D eigenvalue weighted by Gasteiger charge is -2.39. The number of halogens is 1. The van der Waals surface area contributed by atoms with E-state index in [1.54, 1.807) is 0 Å². The highest BCUT2D eigenvalue weighted by molar-refractivity contribution is 6.31. The van der Waals surface area contributed by atoms with Crippen molar-refractivity contribution in [3.63, 3.8) is 0 Å². The highest BCUT2D eigenvalue weighted by Crippen LogP contribution is 2.41. The van der Waals surface area contributed by atoms with Crippen LogP contribution in [0.2, 0.25) is 5.02 Å². The molecule has 0 aromatic heterocycles. The van der Waals surface area contributed by atoms with E-state index in [0.29, 0.717) is 0 Å². The lowest BCUT2D eigenvalue weighted by molar-refractivity contribution is -0.126. The van der Waals surface area contributed by atoms with E-state index >= 15 is 0 Å². The Hall–Kier alpha value is -1.06. The minimum atomic E-state index is 0.0131. The average Bonchev–Trinajstić information content (AvgIpc) is 2.61. The SMILES string of the molecule is O=C(NCC1(c2ccccc2Cl)CCCCC1)C1CCNCC1. The van der Waals surface area contributed by atoms with Crippen LogP contribution in [0.4, 0.5) is 0 Å². The minimum absolute atomic E-state index is 0.0131. The van der Waals surface area contributed by atoms with Crippen LogP contribution in [-0.2, 0) is 10.2 Å². The molecule has 0 atom stereocenters. The van der Waals surface area contributed by atoms with Crippen LogP contribution in [0.25, 0.3) is 0 Å². The molecule has 1 aromatic rings. The van der Waals surface area contributed by atoms with Gasteiger partial charge in [0.1, 0.15) is 0 Å². The van der Waals surface area contributed by atoms with Crippen LogP contribution in [0.3, 0.4) is 0 Å². The molecule has 1 aliphatic carbocycles. The smallest absolute Gasteiger partial charge is 0.223 e. The summed E-state index contributed by atoms with van der Waals surface area (Å²) in [4.78, 5) is 12.5. The number of benzene rings is 1. The molecule has 2 N–H and O–H groups in total. The molecule has 0 bridgehead atoms. The van der Waals surface area contributed by atoms with Gasteiger partial charge in [-0.05, 0) is 50.4 Å². The lowest BCUT2D eigenvalue weighted by Crippen LogP contribution is -2.45. The van der Waals surface area contributed by atoms with Gasteiger partial charge in [0.2, 0.25) is 5.91 Å². The quantitative estimate of drug-likeness (QED) is 0.882. The van der Waals surface area contributed by atoms with E-state index in [1.165, 1.54) is 24.8 Å². The van der Waals surface area contributed by atoms with Gasteiger partial charge in [0.25, 0.3) is 0 Å². The van der Waals surface area contributed by atoms with Crippen molar-refractivity contribution in [1.82, 2.24) is 10.6 Å². The Morgan fingerprint density at radius 1 is 1.17 bits per heavy atom. The van der Waals surface area contributed by atoms with Crippen molar-refractivity contribution in [2.45, 2.75) is 50.4 Å². The molecule has 2 fully saturated rings. The van der Waals surface area contributed by atoms with Crippen LogP contribution in [0.5, 0.6) is 0 Å². The van der Waals surface area contributed by atoms with E-state index in [1.807, 2.05) is 12.1 Å². The summed E-state index contributed by atoms with van der Waals surface area (Å²) < 4.78 is 0. The summed E-state index contributed by atoms with van der Waals surface area (Å²) in [6.45, 7) is 2.63. The van der Waals surface area contributed by atoms with Gasteiger partial charge in [-0.3, -0.25) is 4.79 Å². The van der Waals surface area contributed by atoms with Crippen LogP contribution in [-0.4, -0.2) is 25.5 Å². The van der Waals surface area contributed by atoms with Crippen molar-refractivity contribution >= 4 is 17.5 Å². The number of hydrogen-bond donors (Lipinski definition) is 2. The van der Waals surface area contributed by atoms with Crippen LogP contribution >= 0.6 is 11.6 Å². The molecular formula is C19H27ClN2O. The van der Waals surface area contributed by atoms with Gasteiger partial charge in [-0.1, -0.05) is 49.1 Å². The van der Waals surface area contributed by atoms with Gasteiger partial charge < -0.3 is 10.6 Å². The minimum Gasteiger partial charge on any atom is -0.355 e. The predicted octanol–water partition coefficient (Wildman–Crippen LogP) is 3.66. The summed E-state index contributed by atoms with van der Waals surface area (Å²) in [6.07, 6.45) is 7.85. The summed E-state index contributed by atoms with van der Waals surface area (Å²) >= 11 is 6.49. The number of carbonyl (C=O) groups is 1. The molecule has 3 rings (SSSR count). The number of amides is 1. The molecule has 1 aromatic carbocycles. The van der Waals surface area contributed by atoms with Crippen molar-refractivity contribution in [2.75, 3.05) is 19.6 Å². The number of carbonyl (C=O) groups excluding carboxylic acids is 1. The van der Waals surface area contributed by atoms with Crippen molar-refractivity contribution in [3.05, 3.63) is 34.9 Å². The van der Waals surface area contributed by atoms with Crippen LogP contribution in [0.1, 0.15) is 50.5 Å². The molecule has 1 heterocycles. The van der Waals surface area contributed by atoms with E-state index in [4.69, 9.17) is 11.6 Å². The maximum Gasteiger partial charge on any atom is 0.223 e. The molecule has 0 radical (unpaired) electrons. The molecule has 0 unspecified atom stereocenters. The molecule has 126 valence electrons. The number of piperidine rings is 1. The van der Waals surface area contributed by atoms with Crippen LogP contribution in [0, 0.1) is 5.92 Å². The maximum absolute atomic E-state index is 12.5. The summed E-state index contributed by atoms with van der Waals surface area (Å²) in [5.74, 6) is 0.395. The molecule has 1 aliphatic heterocycles. The van der Waals surface area contributed by atoms with Gasteiger partial charge >= 0.3 is 0 Å². The standard InChI is InChI=1S/C19H27ClN2O/c20-17-7-3-2-6-16(17)19(10-4-1-5-11-19)14-22-18(23)15-8-12-21-13-9-15/h2-3,6-7,15,21H,1,4-5,8-14H2,(H,22,23). The zero-order valence-corrected chi connectivity index (χ0v) is 14.5. The Kier molecular flexibility index (Phi) is 5.60. The van der Waals surface area contributed by atoms with Crippen molar-refractivity contribution in [3.8, 4) is 0 Å². The topological polar surface area (TPSA) is 41.1 Å². The summed E-state index contributed by atoms with van der Waals surface area (Å²) in [5.41, 5.74) is 1.23. The summed E-state index contributed by atoms with van der Waals surface area (Å²) in [5, 5.41) is 7.42. The summed E-state index contributed by atoms with van der Waals surface area (Å²) in [7, 11) is 0. The molecule has 1 amide bonds.